The molecule has 4 aromatic heterocycles. The van der Waals surface area contributed by atoms with E-state index in [4.69, 9.17) is 41.1 Å². The quantitative estimate of drug-likeness (QED) is 0.0164. The average Bonchev–Trinajstić information content (AvgIpc) is 0.714. The number of benzene rings is 4. The molecule has 0 unspecified atom stereocenters. The van der Waals surface area contributed by atoms with Crippen LogP contribution < -0.4 is 0 Å². The zero-order chi connectivity index (χ0) is 59.1. The minimum absolute atomic E-state index is 0.267. The van der Waals surface area contributed by atoms with E-state index in [1.807, 2.05) is 24.8 Å². The number of hydrogen-bond acceptors (Lipinski definition) is 16. The van der Waals surface area contributed by atoms with Crippen LogP contribution in [0.5, 0.6) is 0 Å². The molecule has 0 spiro atoms. The Morgan fingerprint density at radius 1 is 0.326 bits per heavy atom. The number of aromatic nitrogens is 12. The normalized spacial score (nSPS) is 20.0. The van der Waals surface area contributed by atoms with E-state index in [2.05, 4.69) is 178 Å². The van der Waals surface area contributed by atoms with Crippen LogP contribution in [-0.2, 0) is 66.8 Å². The number of ether oxygens (including phenoxy) is 4. The third-order valence-corrected chi connectivity index (χ3v) is 16.8. The fourth-order valence-electron chi connectivity index (χ4n) is 13.6. The molecule has 0 N–H and O–H groups in total. The summed E-state index contributed by atoms with van der Waals surface area (Å²) in [4.78, 5) is 11.2. The predicted molar refractivity (Wildman–Crippen MR) is 316 cm³/mol. The fraction of sp³-hybridized carbons (Fsp3) is 0.448. The van der Waals surface area contributed by atoms with Crippen LogP contribution in [0.1, 0.15) is 60.8 Å². The van der Waals surface area contributed by atoms with Crippen LogP contribution >= 0.6 is 0 Å². The lowest BCUT2D eigenvalue weighted by molar-refractivity contribution is -0.0691. The fourth-order valence-corrected chi connectivity index (χ4v) is 13.6. The van der Waals surface area contributed by atoms with Gasteiger partial charge in [-0.1, -0.05) is 138 Å². The second-order valence-corrected chi connectivity index (χ2v) is 22.2. The van der Waals surface area contributed by atoms with Crippen molar-refractivity contribution in [1.29, 1.82) is 0 Å². The van der Waals surface area contributed by atoms with Gasteiger partial charge >= 0.3 is 0 Å². The number of nitrogens with zero attached hydrogens (tertiary/aromatic N) is 24. The minimum Gasteiger partial charge on any atom is -0.379 e. The summed E-state index contributed by atoms with van der Waals surface area (Å²) < 4.78 is 29.7. The van der Waals surface area contributed by atoms with Crippen molar-refractivity contribution in [3.05, 3.63) is 186 Å². The third-order valence-electron chi connectivity index (χ3n) is 16.8. The van der Waals surface area contributed by atoms with Gasteiger partial charge in [-0.05, 0) is 105 Å². The Kier molecular flexibility index (Phi) is 18.3. The first-order valence-electron chi connectivity index (χ1n) is 28.6. The van der Waals surface area contributed by atoms with E-state index in [-0.39, 0.29) is 47.8 Å². The molecular weight excluding hydrogens is 1100 g/mol. The molecule has 4 aliphatic rings. The lowest BCUT2D eigenvalue weighted by Crippen LogP contribution is -2.67. The van der Waals surface area contributed by atoms with Crippen LogP contribution in [0.2, 0.25) is 0 Å². The van der Waals surface area contributed by atoms with Gasteiger partial charge < -0.3 is 18.9 Å². The molecule has 0 atom stereocenters. The van der Waals surface area contributed by atoms with Crippen molar-refractivity contribution < 1.29 is 18.9 Å². The second kappa shape index (κ2) is 27.0. The summed E-state index contributed by atoms with van der Waals surface area (Å²) in [7, 11) is 0. The maximum atomic E-state index is 8.61. The molecule has 4 bridgehead atoms. The molecule has 12 rings (SSSR count). The molecule has 4 fully saturated rings. The molecule has 0 radical (unpaired) electrons. The summed E-state index contributed by atoms with van der Waals surface area (Å²) in [5.41, 5.74) is 45.5. The molecule has 4 aliphatic carbocycles. The van der Waals surface area contributed by atoms with Crippen LogP contribution in [0.3, 0.4) is 0 Å². The molecule has 0 saturated heterocycles. The van der Waals surface area contributed by atoms with Gasteiger partial charge in [-0.2, -0.15) is 0 Å². The lowest BCUT2D eigenvalue weighted by atomic mass is 9.32. The highest BCUT2D eigenvalue weighted by Crippen LogP contribution is 2.75. The van der Waals surface area contributed by atoms with Crippen LogP contribution in [0, 0.1) is 0 Å². The Morgan fingerprint density at radius 2 is 0.535 bits per heavy atom. The van der Waals surface area contributed by atoms with Crippen LogP contribution in [0.4, 0.5) is 0 Å². The van der Waals surface area contributed by atoms with Gasteiger partial charge in [0, 0.05) is 68.1 Å². The summed E-state index contributed by atoms with van der Waals surface area (Å²) in [6.07, 6.45) is 13.4. The zero-order valence-electron chi connectivity index (χ0n) is 47.5. The first-order valence-corrected chi connectivity index (χ1v) is 28.6. The first kappa shape index (κ1) is 58.3. The van der Waals surface area contributed by atoms with Crippen molar-refractivity contribution in [2.75, 3.05) is 79.0 Å². The summed E-state index contributed by atoms with van der Waals surface area (Å²) in [6.45, 7) is 6.09. The zero-order valence-corrected chi connectivity index (χ0v) is 47.5. The van der Waals surface area contributed by atoms with Crippen LogP contribution in [-0.4, -0.2) is 139 Å². The van der Waals surface area contributed by atoms with Gasteiger partial charge in [0.05, 0.1) is 104 Å². The van der Waals surface area contributed by atoms with E-state index < -0.39 is 0 Å². The summed E-state index contributed by atoms with van der Waals surface area (Å²) in [6, 6.07) is 36.1. The predicted octanol–water partition coefficient (Wildman–Crippen LogP) is 10.5. The van der Waals surface area contributed by atoms with E-state index in [1.54, 1.807) is 18.7 Å². The Morgan fingerprint density at radius 3 is 0.733 bits per heavy atom. The number of hydrogen-bond donors (Lipinski definition) is 0. The van der Waals surface area contributed by atoms with Crippen molar-refractivity contribution in [1.82, 2.24) is 60.0 Å². The van der Waals surface area contributed by atoms with Gasteiger partial charge in [-0.3, -0.25) is 0 Å². The standard InChI is InChI=1S/C58H64N24O4/c59-71-63-17-25-83-29-21-79-33-51(67-75-79)43-1-9-47(10-2-43)55-37-56(48-11-3-44(4-12-48)52-34-80(76-68-52)22-30-84-26-18-64-72-60)40-57(38-55,49-13-5-45(6-14-49)53-35-81(77-69-53)23-31-85-27-19-65-73-61)42-58(39-55,41-56)50-15-7-46(8-16-50)54-36-82(78-70-54)24-32-86-28-20-66-74-62/h1-16,33-36H,17-32,37-42H2. The smallest absolute Gasteiger partial charge is 0.113 e. The number of rotatable bonds is 32. The maximum absolute atomic E-state index is 8.61. The topological polar surface area (TPSA) is 355 Å². The van der Waals surface area contributed by atoms with Gasteiger partial charge in [0.1, 0.15) is 22.8 Å². The van der Waals surface area contributed by atoms with E-state index in [0.717, 1.165) is 83.6 Å². The van der Waals surface area contributed by atoms with Crippen molar-refractivity contribution >= 4 is 0 Å². The molecule has 4 heterocycles. The van der Waals surface area contributed by atoms with E-state index >= 15 is 0 Å². The summed E-state index contributed by atoms with van der Waals surface area (Å²) in [5, 5.41) is 50.1. The summed E-state index contributed by atoms with van der Waals surface area (Å²) in [5.74, 6) is 0. The molecule has 28 nitrogen and oxygen atoms in total. The van der Waals surface area contributed by atoms with E-state index in [0.29, 0.717) is 79.0 Å². The molecular formula is C58H64N24O4. The highest BCUT2D eigenvalue weighted by Gasteiger charge is 2.69. The van der Waals surface area contributed by atoms with E-state index in [9.17, 15) is 0 Å². The molecule has 8 aromatic rings. The maximum Gasteiger partial charge on any atom is 0.113 e. The first-order chi connectivity index (χ1) is 42.3. The third kappa shape index (κ3) is 13.2. The highest BCUT2D eigenvalue weighted by atomic mass is 16.5. The Bertz CT molecular complexity index is 3230. The monoisotopic (exact) mass is 1160 g/mol. The van der Waals surface area contributed by atoms with Crippen molar-refractivity contribution in [2.24, 2.45) is 20.5 Å². The lowest BCUT2D eigenvalue weighted by Gasteiger charge is -2.71. The molecule has 440 valence electrons. The molecule has 0 aliphatic heterocycles. The van der Waals surface area contributed by atoms with Gasteiger partial charge in [-0.15, -0.1) is 20.4 Å². The molecule has 4 aromatic carbocycles. The van der Waals surface area contributed by atoms with Crippen LogP contribution in [0.25, 0.3) is 86.8 Å². The molecule has 4 saturated carbocycles. The summed E-state index contributed by atoms with van der Waals surface area (Å²) >= 11 is 0. The molecule has 28 heteroatoms. The van der Waals surface area contributed by atoms with Crippen molar-refractivity contribution in [2.45, 2.75) is 86.4 Å². The van der Waals surface area contributed by atoms with Gasteiger partial charge in [-0.25, -0.2) is 18.7 Å². The molecule has 0 amide bonds. The highest BCUT2D eigenvalue weighted by molar-refractivity contribution is 5.64. The largest absolute Gasteiger partial charge is 0.379 e. The van der Waals surface area contributed by atoms with Gasteiger partial charge in [0.2, 0.25) is 0 Å². The van der Waals surface area contributed by atoms with Crippen LogP contribution in [0.15, 0.2) is 142 Å². The Balaban J connectivity index is 0.943. The molecule has 86 heavy (non-hydrogen) atoms. The average molecular weight is 1160 g/mol. The van der Waals surface area contributed by atoms with Gasteiger partial charge in [0.15, 0.2) is 0 Å². The Labute approximate surface area is 493 Å². The van der Waals surface area contributed by atoms with Crippen molar-refractivity contribution in [3.8, 4) is 45.0 Å². The Hall–Kier alpha value is -9.48. The number of azide groups is 4. The van der Waals surface area contributed by atoms with Gasteiger partial charge in [0.25, 0.3) is 0 Å². The second-order valence-electron chi connectivity index (χ2n) is 22.2. The van der Waals surface area contributed by atoms with E-state index in [1.165, 1.54) is 22.3 Å². The minimum atomic E-state index is -0.267. The van der Waals surface area contributed by atoms with Crippen molar-refractivity contribution in [3.63, 3.8) is 0 Å². The SMILES string of the molecule is [N-]=[N+]=NCCOCCn1cc(-c2ccc(C34CC5(c6ccc(-c7cn(CCOCCN=[N+]=[N-])nn7)cc6)CC(c6ccc(-c7cn(CCOCCN=[N+]=[N-])nn7)cc6)(C3)CC(c3ccc(-c6cn(CCOCCN=[N+]=[N-])nn6)cc3)(C4)C5)cc2)nn1.